The van der Waals surface area contributed by atoms with Gasteiger partial charge in [0.15, 0.2) is 0 Å². The van der Waals surface area contributed by atoms with Crippen molar-refractivity contribution in [1.29, 1.82) is 0 Å². The van der Waals surface area contributed by atoms with E-state index in [1.54, 1.807) is 0 Å². The van der Waals surface area contributed by atoms with Crippen LogP contribution in [0.5, 0.6) is 0 Å². The van der Waals surface area contributed by atoms with E-state index in [4.69, 9.17) is 5.11 Å². The third-order valence-corrected chi connectivity index (χ3v) is 4.02. The average molecular weight is 246 g/mol. The largest absolute Gasteiger partial charge is 0.481 e. The molecule has 18 heavy (non-hydrogen) atoms. The molecule has 0 saturated heterocycles. The second kappa shape index (κ2) is 5.13. The number of aliphatic carboxylic acids is 1. The molecule has 1 atom stereocenters. The van der Waals surface area contributed by atoms with E-state index in [-0.39, 0.29) is 6.42 Å². The lowest BCUT2D eigenvalue weighted by Gasteiger charge is -2.20. The van der Waals surface area contributed by atoms with Crippen molar-refractivity contribution in [1.82, 2.24) is 0 Å². The Morgan fingerprint density at radius 1 is 1.28 bits per heavy atom. The Morgan fingerprint density at radius 2 is 1.89 bits per heavy atom. The summed E-state index contributed by atoms with van der Waals surface area (Å²) in [6, 6.07) is 6.27. The van der Waals surface area contributed by atoms with Crippen LogP contribution in [-0.4, -0.2) is 11.1 Å². The van der Waals surface area contributed by atoms with Gasteiger partial charge in [-0.3, -0.25) is 4.79 Å². The Kier molecular flexibility index (Phi) is 3.74. The number of hydrogen-bond acceptors (Lipinski definition) is 1. The molecule has 1 aliphatic rings. The maximum absolute atomic E-state index is 11.1. The monoisotopic (exact) mass is 246 g/mol. The lowest BCUT2D eigenvalue weighted by molar-refractivity contribution is -0.136. The summed E-state index contributed by atoms with van der Waals surface area (Å²) >= 11 is 0. The highest BCUT2D eigenvalue weighted by Gasteiger charge is 2.31. The molecular formula is C16H22O2. The van der Waals surface area contributed by atoms with E-state index in [2.05, 4.69) is 39.0 Å². The Labute approximate surface area is 109 Å². The molecule has 0 aromatic heterocycles. The third-order valence-electron chi connectivity index (χ3n) is 4.02. The minimum atomic E-state index is -0.729. The number of carboxylic acid groups (broad SMARTS) is 1. The molecule has 0 heterocycles. The van der Waals surface area contributed by atoms with E-state index in [0.29, 0.717) is 11.8 Å². The molecule has 1 N–H and O–H groups in total. The molecule has 0 amide bonds. The van der Waals surface area contributed by atoms with Crippen LogP contribution in [-0.2, 0) is 11.2 Å². The minimum absolute atomic E-state index is 0.154. The summed E-state index contributed by atoms with van der Waals surface area (Å²) in [6.07, 6.45) is 2.74. The van der Waals surface area contributed by atoms with Crippen LogP contribution in [0, 0.1) is 5.92 Å². The molecule has 0 radical (unpaired) electrons. The van der Waals surface area contributed by atoms with Gasteiger partial charge in [-0.25, -0.2) is 0 Å². The summed E-state index contributed by atoms with van der Waals surface area (Å²) in [5.74, 6) is 0.913. The third kappa shape index (κ3) is 2.74. The lowest BCUT2D eigenvalue weighted by Crippen LogP contribution is -2.11. The quantitative estimate of drug-likeness (QED) is 0.854. The van der Waals surface area contributed by atoms with E-state index < -0.39 is 5.97 Å². The number of benzene rings is 1. The van der Waals surface area contributed by atoms with Crippen molar-refractivity contribution in [2.45, 2.75) is 51.9 Å². The molecule has 0 aliphatic heterocycles. The van der Waals surface area contributed by atoms with Crippen LogP contribution in [0.15, 0.2) is 18.2 Å². The highest BCUT2D eigenvalue weighted by atomic mass is 16.4. The first-order chi connectivity index (χ1) is 8.50. The molecule has 0 spiro atoms. The maximum atomic E-state index is 11.1. The van der Waals surface area contributed by atoms with Crippen LogP contribution in [0.4, 0.5) is 0 Å². The molecule has 2 nitrogen and oxygen atoms in total. The van der Waals surface area contributed by atoms with Gasteiger partial charge >= 0.3 is 5.97 Å². The zero-order chi connectivity index (χ0) is 13.3. The molecule has 1 aliphatic carbocycles. The van der Waals surface area contributed by atoms with Gasteiger partial charge in [-0.2, -0.15) is 0 Å². The van der Waals surface area contributed by atoms with Gasteiger partial charge < -0.3 is 5.11 Å². The van der Waals surface area contributed by atoms with Gasteiger partial charge in [-0.15, -0.1) is 0 Å². The topological polar surface area (TPSA) is 37.3 Å². The average Bonchev–Trinajstić information content (AvgIpc) is 3.11. The zero-order valence-corrected chi connectivity index (χ0v) is 11.4. The summed E-state index contributed by atoms with van der Waals surface area (Å²) in [7, 11) is 0. The van der Waals surface area contributed by atoms with Crippen molar-refractivity contribution in [3.63, 3.8) is 0 Å². The van der Waals surface area contributed by atoms with Gasteiger partial charge in [0.1, 0.15) is 0 Å². The highest BCUT2D eigenvalue weighted by Crippen LogP contribution is 2.44. The van der Waals surface area contributed by atoms with Crippen LogP contribution in [0.3, 0.4) is 0 Å². The van der Waals surface area contributed by atoms with Crippen LogP contribution >= 0.6 is 0 Å². The fourth-order valence-electron chi connectivity index (χ4n) is 2.80. The molecular weight excluding hydrogens is 224 g/mol. The van der Waals surface area contributed by atoms with Crippen molar-refractivity contribution in [2.75, 3.05) is 0 Å². The second-order valence-corrected chi connectivity index (χ2v) is 5.77. The smallest absolute Gasteiger partial charge is 0.307 e. The summed E-state index contributed by atoms with van der Waals surface area (Å²) in [4.78, 5) is 11.1. The zero-order valence-electron chi connectivity index (χ0n) is 11.4. The van der Waals surface area contributed by atoms with Crippen LogP contribution in [0.1, 0.15) is 62.1 Å². The molecule has 2 heteroatoms. The van der Waals surface area contributed by atoms with E-state index in [1.807, 2.05) is 0 Å². The SMILES string of the molecule is CC(C)c1cccc(C(C)C2CC2)c1CC(=O)O. The Hall–Kier alpha value is -1.31. The summed E-state index contributed by atoms with van der Waals surface area (Å²) < 4.78 is 0. The predicted octanol–water partition coefficient (Wildman–Crippen LogP) is 3.95. The predicted molar refractivity (Wildman–Crippen MR) is 73.0 cm³/mol. The standard InChI is InChI=1S/C16H22O2/c1-10(2)13-5-4-6-14(11(3)12-7-8-12)15(13)9-16(17)18/h4-6,10-12H,7-9H2,1-3H3,(H,17,18). The number of carbonyl (C=O) groups is 1. The van der Waals surface area contributed by atoms with Crippen molar-refractivity contribution < 1.29 is 9.90 Å². The Balaban J connectivity index is 2.42. The van der Waals surface area contributed by atoms with Gasteiger partial charge in [-0.05, 0) is 47.3 Å². The summed E-state index contributed by atoms with van der Waals surface area (Å²) in [5, 5.41) is 9.13. The number of hydrogen-bond donors (Lipinski definition) is 1. The number of rotatable bonds is 5. The molecule has 1 unspecified atom stereocenters. The van der Waals surface area contributed by atoms with Crippen LogP contribution in [0.2, 0.25) is 0 Å². The van der Waals surface area contributed by atoms with Gasteiger partial charge in [0.2, 0.25) is 0 Å². The first kappa shape index (κ1) is 13.1. The first-order valence-electron chi connectivity index (χ1n) is 6.84. The molecule has 2 rings (SSSR count). The fraction of sp³-hybridized carbons (Fsp3) is 0.562. The van der Waals surface area contributed by atoms with E-state index in [0.717, 1.165) is 11.5 Å². The van der Waals surface area contributed by atoms with Crippen molar-refractivity contribution in [3.05, 3.63) is 34.9 Å². The normalized spacial score (nSPS) is 16.9. The summed E-state index contributed by atoms with van der Waals surface area (Å²) in [5.41, 5.74) is 3.51. The lowest BCUT2D eigenvalue weighted by atomic mass is 9.85. The molecule has 1 aromatic carbocycles. The number of carboxylic acids is 1. The summed E-state index contributed by atoms with van der Waals surface area (Å²) in [6.45, 7) is 6.50. The Bertz CT molecular complexity index is 444. The molecule has 1 aromatic rings. The van der Waals surface area contributed by atoms with Gasteiger partial charge in [0.05, 0.1) is 6.42 Å². The second-order valence-electron chi connectivity index (χ2n) is 5.77. The maximum Gasteiger partial charge on any atom is 0.307 e. The van der Waals surface area contributed by atoms with Gasteiger partial charge in [-0.1, -0.05) is 39.0 Å². The molecule has 98 valence electrons. The van der Waals surface area contributed by atoms with Crippen LogP contribution < -0.4 is 0 Å². The first-order valence-corrected chi connectivity index (χ1v) is 6.84. The van der Waals surface area contributed by atoms with Crippen LogP contribution in [0.25, 0.3) is 0 Å². The van der Waals surface area contributed by atoms with Crippen molar-refractivity contribution in [2.24, 2.45) is 5.92 Å². The van der Waals surface area contributed by atoms with E-state index in [9.17, 15) is 4.79 Å². The van der Waals surface area contributed by atoms with Crippen molar-refractivity contribution >= 4 is 5.97 Å². The van der Waals surface area contributed by atoms with E-state index in [1.165, 1.54) is 24.0 Å². The van der Waals surface area contributed by atoms with Crippen molar-refractivity contribution in [3.8, 4) is 0 Å². The Morgan fingerprint density at radius 3 is 2.39 bits per heavy atom. The van der Waals surface area contributed by atoms with E-state index >= 15 is 0 Å². The molecule has 1 saturated carbocycles. The molecule has 1 fully saturated rings. The fourth-order valence-corrected chi connectivity index (χ4v) is 2.80. The highest BCUT2D eigenvalue weighted by molar-refractivity contribution is 5.71. The van der Waals surface area contributed by atoms with Gasteiger partial charge in [0, 0.05) is 0 Å². The molecule has 0 bridgehead atoms. The minimum Gasteiger partial charge on any atom is -0.481 e. The van der Waals surface area contributed by atoms with Gasteiger partial charge in [0.25, 0.3) is 0 Å².